The van der Waals surface area contributed by atoms with Gasteiger partial charge in [0.1, 0.15) is 5.78 Å². The molecular formula is C12H12ClNO4S. The zero-order valence-electron chi connectivity index (χ0n) is 9.97. The number of likely N-dealkylation sites (tertiary alicyclic amines) is 1. The summed E-state index contributed by atoms with van der Waals surface area (Å²) in [5, 5.41) is 0.145. The van der Waals surface area contributed by atoms with Crippen LogP contribution in [0.1, 0.15) is 23.2 Å². The summed E-state index contributed by atoms with van der Waals surface area (Å²) in [5.74, 6) is -0.104. The number of benzene rings is 1. The van der Waals surface area contributed by atoms with E-state index in [1.807, 2.05) is 0 Å². The van der Waals surface area contributed by atoms with Gasteiger partial charge in [-0.15, -0.1) is 0 Å². The molecule has 1 amide bonds. The Morgan fingerprint density at radius 3 is 2.53 bits per heavy atom. The molecule has 1 saturated heterocycles. The summed E-state index contributed by atoms with van der Waals surface area (Å²) in [7, 11) is 0. The molecule has 1 fully saturated rings. The molecule has 0 bridgehead atoms. The van der Waals surface area contributed by atoms with Crippen LogP contribution in [0, 0.1) is 0 Å². The van der Waals surface area contributed by atoms with Crippen molar-refractivity contribution in [1.82, 2.24) is 4.90 Å². The second-order valence-corrected chi connectivity index (χ2v) is 5.57. The molecule has 0 spiro atoms. The summed E-state index contributed by atoms with van der Waals surface area (Å²) in [6.45, 7) is 0.773. The molecule has 5 nitrogen and oxygen atoms in total. The zero-order chi connectivity index (χ0) is 14.0. The van der Waals surface area contributed by atoms with Gasteiger partial charge in [0.25, 0.3) is 5.91 Å². The van der Waals surface area contributed by atoms with Crippen LogP contribution in [-0.4, -0.2) is 38.4 Å². The standard InChI is InChI=1S/C12H12ClNO4S/c13-10-2-1-8(7-11(10)19(17)18)12(16)14-5-3-9(15)4-6-14/h1-2,7H,3-6H2,(H,17,18). The highest BCUT2D eigenvalue weighted by Crippen LogP contribution is 2.22. The highest BCUT2D eigenvalue weighted by atomic mass is 35.5. The van der Waals surface area contributed by atoms with Crippen LogP contribution in [0.3, 0.4) is 0 Å². The lowest BCUT2D eigenvalue weighted by molar-refractivity contribution is -0.120. The smallest absolute Gasteiger partial charge is 0.253 e. The van der Waals surface area contributed by atoms with E-state index in [-0.39, 0.29) is 21.6 Å². The van der Waals surface area contributed by atoms with E-state index in [0.29, 0.717) is 31.5 Å². The summed E-state index contributed by atoms with van der Waals surface area (Å²) >= 11 is 3.54. The van der Waals surface area contributed by atoms with Crippen molar-refractivity contribution in [2.75, 3.05) is 13.1 Å². The minimum atomic E-state index is -2.23. The average molecular weight is 302 g/mol. The van der Waals surface area contributed by atoms with Crippen LogP contribution >= 0.6 is 11.6 Å². The van der Waals surface area contributed by atoms with E-state index in [1.54, 1.807) is 4.90 Å². The maximum Gasteiger partial charge on any atom is 0.253 e. The van der Waals surface area contributed by atoms with Gasteiger partial charge in [0, 0.05) is 31.5 Å². The number of Topliss-reactive ketones (excluding diaryl/α,β-unsaturated/α-hetero) is 1. The first-order chi connectivity index (χ1) is 8.99. The topological polar surface area (TPSA) is 74.7 Å². The minimum absolute atomic E-state index is 0.0144. The molecular weight excluding hydrogens is 290 g/mol. The van der Waals surface area contributed by atoms with Crippen LogP contribution in [0.4, 0.5) is 0 Å². The first-order valence-electron chi connectivity index (χ1n) is 5.70. The van der Waals surface area contributed by atoms with E-state index in [9.17, 15) is 13.8 Å². The largest absolute Gasteiger partial charge is 0.338 e. The molecule has 0 aromatic heterocycles. The molecule has 1 aromatic carbocycles. The fourth-order valence-corrected chi connectivity index (χ4v) is 2.69. The van der Waals surface area contributed by atoms with Crippen molar-refractivity contribution < 1.29 is 18.4 Å². The van der Waals surface area contributed by atoms with Gasteiger partial charge < -0.3 is 9.45 Å². The summed E-state index contributed by atoms with van der Waals surface area (Å²) in [4.78, 5) is 24.9. The monoisotopic (exact) mass is 301 g/mol. The molecule has 1 aliphatic rings. The second kappa shape index (κ2) is 5.81. The summed E-state index contributed by atoms with van der Waals surface area (Å²) in [5.41, 5.74) is 0.302. The lowest BCUT2D eigenvalue weighted by atomic mass is 10.1. The maximum atomic E-state index is 12.2. The fraction of sp³-hybridized carbons (Fsp3) is 0.333. The van der Waals surface area contributed by atoms with Gasteiger partial charge in [0.2, 0.25) is 0 Å². The highest BCUT2D eigenvalue weighted by molar-refractivity contribution is 7.79. The SMILES string of the molecule is O=C1CCN(C(=O)c2ccc(Cl)c(S(=O)O)c2)CC1. The highest BCUT2D eigenvalue weighted by Gasteiger charge is 2.22. The van der Waals surface area contributed by atoms with E-state index < -0.39 is 11.1 Å². The molecule has 1 N–H and O–H groups in total. The van der Waals surface area contributed by atoms with Gasteiger partial charge in [-0.3, -0.25) is 9.59 Å². The van der Waals surface area contributed by atoms with Crippen LogP contribution in [0.15, 0.2) is 23.1 Å². The lowest BCUT2D eigenvalue weighted by Gasteiger charge is -2.26. The molecule has 7 heteroatoms. The summed E-state index contributed by atoms with van der Waals surface area (Å²) in [6.07, 6.45) is 0.718. The van der Waals surface area contributed by atoms with Crippen LogP contribution in [-0.2, 0) is 15.9 Å². The number of amides is 1. The first-order valence-corrected chi connectivity index (χ1v) is 7.19. The van der Waals surface area contributed by atoms with Crippen LogP contribution < -0.4 is 0 Å². The number of nitrogens with zero attached hydrogens (tertiary/aromatic N) is 1. The Morgan fingerprint density at radius 1 is 1.32 bits per heavy atom. The van der Waals surface area contributed by atoms with Crippen LogP contribution in [0.2, 0.25) is 5.02 Å². The van der Waals surface area contributed by atoms with Gasteiger partial charge in [-0.1, -0.05) is 11.6 Å². The third-order valence-corrected chi connectivity index (χ3v) is 4.13. The van der Waals surface area contributed by atoms with E-state index in [1.165, 1.54) is 18.2 Å². The lowest BCUT2D eigenvalue weighted by Crippen LogP contribution is -2.38. The number of ketones is 1. The molecule has 0 radical (unpaired) electrons. The van der Waals surface area contributed by atoms with Crippen molar-refractivity contribution in [3.8, 4) is 0 Å². The number of carbonyl (C=O) groups is 2. The van der Waals surface area contributed by atoms with Crippen molar-refractivity contribution in [3.63, 3.8) is 0 Å². The third-order valence-electron chi connectivity index (χ3n) is 2.97. The van der Waals surface area contributed by atoms with Gasteiger partial charge in [-0.05, 0) is 18.2 Å². The molecule has 1 unspecified atom stereocenters. The number of piperidine rings is 1. The van der Waals surface area contributed by atoms with Crippen molar-refractivity contribution in [3.05, 3.63) is 28.8 Å². The van der Waals surface area contributed by atoms with Gasteiger partial charge in [-0.2, -0.15) is 0 Å². The predicted molar refractivity (Wildman–Crippen MR) is 70.6 cm³/mol. The third kappa shape index (κ3) is 3.20. The molecule has 2 rings (SSSR count). The average Bonchev–Trinajstić information content (AvgIpc) is 2.39. The summed E-state index contributed by atoms with van der Waals surface area (Å²) < 4.78 is 20.1. The van der Waals surface area contributed by atoms with Crippen molar-refractivity contribution in [1.29, 1.82) is 0 Å². The van der Waals surface area contributed by atoms with Crippen molar-refractivity contribution in [2.24, 2.45) is 0 Å². The molecule has 19 heavy (non-hydrogen) atoms. The molecule has 0 aliphatic carbocycles. The van der Waals surface area contributed by atoms with Crippen molar-refractivity contribution in [2.45, 2.75) is 17.7 Å². The second-order valence-electron chi connectivity index (χ2n) is 4.23. The number of carbonyl (C=O) groups excluding carboxylic acids is 2. The Morgan fingerprint density at radius 2 is 1.95 bits per heavy atom. The molecule has 1 aromatic rings. The minimum Gasteiger partial charge on any atom is -0.338 e. The van der Waals surface area contributed by atoms with Crippen LogP contribution in [0.5, 0.6) is 0 Å². The van der Waals surface area contributed by atoms with E-state index in [4.69, 9.17) is 16.2 Å². The van der Waals surface area contributed by atoms with E-state index in [2.05, 4.69) is 0 Å². The van der Waals surface area contributed by atoms with Gasteiger partial charge >= 0.3 is 0 Å². The van der Waals surface area contributed by atoms with Gasteiger partial charge in [0.15, 0.2) is 11.1 Å². The Kier molecular flexibility index (Phi) is 4.34. The first kappa shape index (κ1) is 14.2. The molecule has 1 heterocycles. The quantitative estimate of drug-likeness (QED) is 0.844. The Labute approximate surface area is 117 Å². The molecule has 102 valence electrons. The number of hydrogen-bond acceptors (Lipinski definition) is 3. The Bertz CT molecular complexity index is 551. The van der Waals surface area contributed by atoms with Crippen molar-refractivity contribution >= 4 is 34.4 Å². The number of hydrogen-bond donors (Lipinski definition) is 1. The van der Waals surface area contributed by atoms with E-state index >= 15 is 0 Å². The Hall–Kier alpha value is -1.24. The zero-order valence-corrected chi connectivity index (χ0v) is 11.5. The van der Waals surface area contributed by atoms with Crippen LogP contribution in [0.25, 0.3) is 0 Å². The van der Waals surface area contributed by atoms with Gasteiger partial charge in [0.05, 0.1) is 9.92 Å². The fourth-order valence-electron chi connectivity index (χ4n) is 1.91. The number of halogens is 1. The normalized spacial score (nSPS) is 17.4. The maximum absolute atomic E-state index is 12.2. The summed E-state index contributed by atoms with van der Waals surface area (Å²) in [6, 6.07) is 4.25. The number of rotatable bonds is 2. The molecule has 0 saturated carbocycles. The van der Waals surface area contributed by atoms with Gasteiger partial charge in [-0.25, -0.2) is 4.21 Å². The molecule has 1 aliphatic heterocycles. The molecule has 1 atom stereocenters. The van der Waals surface area contributed by atoms with E-state index in [0.717, 1.165) is 0 Å². The predicted octanol–water partition coefficient (Wildman–Crippen LogP) is 1.73. The Balaban J connectivity index is 2.22.